The van der Waals surface area contributed by atoms with Crippen molar-refractivity contribution in [2.24, 2.45) is 0 Å². The van der Waals surface area contributed by atoms with Crippen LogP contribution in [0.15, 0.2) is 42.7 Å². The second-order valence-electron chi connectivity index (χ2n) is 3.93. The van der Waals surface area contributed by atoms with Gasteiger partial charge in [0.1, 0.15) is 0 Å². The Morgan fingerprint density at radius 1 is 1.32 bits per heavy atom. The molecule has 0 spiro atoms. The molecule has 2 aromatic rings. The Kier molecular flexibility index (Phi) is 4.52. The zero-order chi connectivity index (χ0) is 13.5. The van der Waals surface area contributed by atoms with Gasteiger partial charge in [-0.1, -0.05) is 12.1 Å². The van der Waals surface area contributed by atoms with Crippen molar-refractivity contribution >= 4 is 11.7 Å². The third-order valence-electron chi connectivity index (χ3n) is 2.52. The number of aliphatic hydroxyl groups excluding tert-OH is 1. The maximum absolute atomic E-state index is 11.7. The fourth-order valence-electron chi connectivity index (χ4n) is 1.64. The smallest absolute Gasteiger partial charge is 0.319 e. The Hall–Kier alpha value is -2.34. The van der Waals surface area contributed by atoms with Crippen LogP contribution in [0.1, 0.15) is 6.42 Å². The number of nitrogens with one attached hydrogen (secondary N) is 2. The van der Waals surface area contributed by atoms with Crippen molar-refractivity contribution < 1.29 is 9.90 Å². The molecule has 0 aliphatic carbocycles. The SMILES string of the molecule is O=C(NCCCO)Nc1ccccc1-n1cccn1. The average molecular weight is 260 g/mol. The summed E-state index contributed by atoms with van der Waals surface area (Å²) >= 11 is 0. The van der Waals surface area contributed by atoms with Crippen molar-refractivity contribution in [3.63, 3.8) is 0 Å². The second-order valence-corrected chi connectivity index (χ2v) is 3.93. The molecule has 0 aliphatic heterocycles. The third kappa shape index (κ3) is 3.56. The van der Waals surface area contributed by atoms with Crippen LogP contribution in [0.5, 0.6) is 0 Å². The molecule has 0 aliphatic rings. The molecule has 1 aromatic heterocycles. The van der Waals surface area contributed by atoms with Gasteiger partial charge in [0, 0.05) is 25.5 Å². The zero-order valence-electron chi connectivity index (χ0n) is 10.4. The first-order valence-corrected chi connectivity index (χ1v) is 6.06. The van der Waals surface area contributed by atoms with Gasteiger partial charge in [-0.15, -0.1) is 0 Å². The van der Waals surface area contributed by atoms with Crippen LogP contribution >= 0.6 is 0 Å². The summed E-state index contributed by atoms with van der Waals surface area (Å²) in [6.07, 6.45) is 4.02. The number of nitrogens with zero attached hydrogens (tertiary/aromatic N) is 2. The molecule has 0 radical (unpaired) electrons. The van der Waals surface area contributed by atoms with Gasteiger partial charge in [0.25, 0.3) is 0 Å². The largest absolute Gasteiger partial charge is 0.396 e. The molecule has 0 atom stereocenters. The Balaban J connectivity index is 2.06. The van der Waals surface area contributed by atoms with Crippen LogP contribution in [0.25, 0.3) is 5.69 Å². The predicted octanol–water partition coefficient (Wildman–Crippen LogP) is 1.38. The molecule has 19 heavy (non-hydrogen) atoms. The minimum Gasteiger partial charge on any atom is -0.396 e. The minimum absolute atomic E-state index is 0.0597. The first-order chi connectivity index (χ1) is 9.31. The van der Waals surface area contributed by atoms with Crippen molar-refractivity contribution in [2.75, 3.05) is 18.5 Å². The molecular formula is C13H16N4O2. The summed E-state index contributed by atoms with van der Waals surface area (Å²) in [6.45, 7) is 0.496. The molecule has 0 bridgehead atoms. The predicted molar refractivity (Wildman–Crippen MR) is 72.3 cm³/mol. The highest BCUT2D eigenvalue weighted by Crippen LogP contribution is 2.18. The third-order valence-corrected chi connectivity index (χ3v) is 2.52. The van der Waals surface area contributed by atoms with Gasteiger partial charge in [-0.2, -0.15) is 5.10 Å². The zero-order valence-corrected chi connectivity index (χ0v) is 10.4. The molecule has 0 fully saturated rings. The molecule has 0 unspecified atom stereocenters. The number of aliphatic hydroxyl groups is 1. The van der Waals surface area contributed by atoms with Crippen LogP contribution in [0, 0.1) is 0 Å². The average Bonchev–Trinajstić information content (AvgIpc) is 2.93. The molecule has 100 valence electrons. The number of para-hydroxylation sites is 2. The van der Waals surface area contributed by atoms with E-state index in [9.17, 15) is 4.79 Å². The van der Waals surface area contributed by atoms with E-state index < -0.39 is 0 Å². The monoisotopic (exact) mass is 260 g/mol. The summed E-state index contributed by atoms with van der Waals surface area (Å²) in [5.41, 5.74) is 1.47. The Labute approximate surface area is 111 Å². The number of hydrogen-bond acceptors (Lipinski definition) is 3. The molecule has 1 aromatic carbocycles. The number of rotatable bonds is 5. The number of urea groups is 1. The molecular weight excluding hydrogens is 244 g/mol. The van der Waals surface area contributed by atoms with Gasteiger partial charge in [-0.05, 0) is 24.6 Å². The van der Waals surface area contributed by atoms with Crippen molar-refractivity contribution in [1.82, 2.24) is 15.1 Å². The number of anilines is 1. The summed E-state index contributed by atoms with van der Waals surface area (Å²) in [4.78, 5) is 11.7. The van der Waals surface area contributed by atoms with Crippen LogP contribution in [-0.4, -0.2) is 34.1 Å². The summed E-state index contributed by atoms with van der Waals surface area (Å²) in [7, 11) is 0. The lowest BCUT2D eigenvalue weighted by atomic mass is 10.2. The Morgan fingerprint density at radius 3 is 2.89 bits per heavy atom. The van der Waals surface area contributed by atoms with Crippen molar-refractivity contribution in [1.29, 1.82) is 0 Å². The molecule has 6 heteroatoms. The Morgan fingerprint density at radius 2 is 2.16 bits per heavy atom. The Bertz CT molecular complexity index is 525. The summed E-state index contributed by atoms with van der Waals surface area (Å²) < 4.78 is 1.68. The summed E-state index contributed by atoms with van der Waals surface area (Å²) in [5, 5.41) is 18.2. The molecule has 0 saturated carbocycles. The molecule has 2 rings (SSSR count). The van der Waals surface area contributed by atoms with Gasteiger partial charge in [0.05, 0.1) is 11.4 Å². The van der Waals surface area contributed by atoms with E-state index in [0.717, 1.165) is 5.69 Å². The topological polar surface area (TPSA) is 79.2 Å². The van der Waals surface area contributed by atoms with Gasteiger partial charge in [0.2, 0.25) is 0 Å². The van der Waals surface area contributed by atoms with E-state index in [2.05, 4.69) is 15.7 Å². The van der Waals surface area contributed by atoms with Crippen molar-refractivity contribution in [2.45, 2.75) is 6.42 Å². The number of hydrogen-bond donors (Lipinski definition) is 3. The second kappa shape index (κ2) is 6.55. The molecule has 6 nitrogen and oxygen atoms in total. The lowest BCUT2D eigenvalue weighted by molar-refractivity contribution is 0.249. The van der Waals surface area contributed by atoms with E-state index in [-0.39, 0.29) is 12.6 Å². The quantitative estimate of drug-likeness (QED) is 0.710. The fraction of sp³-hybridized carbons (Fsp3) is 0.231. The first-order valence-electron chi connectivity index (χ1n) is 6.06. The van der Waals surface area contributed by atoms with Gasteiger partial charge in [-0.3, -0.25) is 0 Å². The maximum Gasteiger partial charge on any atom is 0.319 e. The number of carbonyl (C=O) groups excluding carboxylic acids is 1. The fourth-order valence-corrected chi connectivity index (χ4v) is 1.64. The van der Waals surface area contributed by atoms with E-state index in [4.69, 9.17) is 5.11 Å². The minimum atomic E-state index is -0.298. The van der Waals surface area contributed by atoms with E-state index in [0.29, 0.717) is 18.7 Å². The van der Waals surface area contributed by atoms with Gasteiger partial charge >= 0.3 is 6.03 Å². The molecule has 1 heterocycles. The lowest BCUT2D eigenvalue weighted by Gasteiger charge is -2.11. The molecule has 2 amide bonds. The van der Waals surface area contributed by atoms with E-state index >= 15 is 0 Å². The van der Waals surface area contributed by atoms with E-state index in [1.165, 1.54) is 0 Å². The molecule has 0 saturated heterocycles. The molecule has 3 N–H and O–H groups in total. The number of benzene rings is 1. The summed E-state index contributed by atoms with van der Waals surface area (Å²) in [6, 6.07) is 8.92. The van der Waals surface area contributed by atoms with Crippen molar-refractivity contribution in [3.05, 3.63) is 42.7 Å². The van der Waals surface area contributed by atoms with Gasteiger partial charge in [0.15, 0.2) is 0 Å². The standard InChI is InChI=1S/C13H16N4O2/c18-10-4-7-14-13(19)16-11-5-1-2-6-12(11)17-9-3-8-15-17/h1-3,5-6,8-9,18H,4,7,10H2,(H2,14,16,19). The first kappa shape index (κ1) is 13.1. The normalized spacial score (nSPS) is 10.2. The lowest BCUT2D eigenvalue weighted by Crippen LogP contribution is -2.30. The van der Waals surface area contributed by atoms with Crippen LogP contribution in [0.4, 0.5) is 10.5 Å². The number of aromatic nitrogens is 2. The van der Waals surface area contributed by atoms with Crippen LogP contribution < -0.4 is 10.6 Å². The number of amides is 2. The highest BCUT2D eigenvalue weighted by atomic mass is 16.3. The van der Waals surface area contributed by atoms with Crippen LogP contribution in [-0.2, 0) is 0 Å². The van der Waals surface area contributed by atoms with Crippen molar-refractivity contribution in [3.8, 4) is 5.69 Å². The van der Waals surface area contributed by atoms with Gasteiger partial charge < -0.3 is 15.7 Å². The van der Waals surface area contributed by atoms with Crippen LogP contribution in [0.3, 0.4) is 0 Å². The van der Waals surface area contributed by atoms with E-state index in [1.54, 1.807) is 10.9 Å². The van der Waals surface area contributed by atoms with E-state index in [1.807, 2.05) is 36.5 Å². The highest BCUT2D eigenvalue weighted by Gasteiger charge is 2.07. The summed E-state index contributed by atoms with van der Waals surface area (Å²) in [5.74, 6) is 0. The highest BCUT2D eigenvalue weighted by molar-refractivity contribution is 5.91. The van der Waals surface area contributed by atoms with Crippen LogP contribution in [0.2, 0.25) is 0 Å². The maximum atomic E-state index is 11.7. The van der Waals surface area contributed by atoms with Gasteiger partial charge in [-0.25, -0.2) is 9.48 Å². The number of carbonyl (C=O) groups is 1.